The molecule has 0 atom stereocenters. The minimum atomic E-state index is 0.523. The van der Waals surface area contributed by atoms with Crippen LogP contribution >= 0.6 is 23.2 Å². The van der Waals surface area contributed by atoms with Crippen LogP contribution in [-0.2, 0) is 6.54 Å². The van der Waals surface area contributed by atoms with Crippen LogP contribution in [0.3, 0.4) is 0 Å². The number of rotatable bonds is 4. The van der Waals surface area contributed by atoms with Gasteiger partial charge < -0.3 is 9.47 Å². The fourth-order valence-corrected chi connectivity index (χ4v) is 4.33. The van der Waals surface area contributed by atoms with Crippen molar-refractivity contribution in [1.82, 2.24) is 9.55 Å². The second kappa shape index (κ2) is 6.54. The summed E-state index contributed by atoms with van der Waals surface area (Å²) in [7, 11) is 0. The van der Waals surface area contributed by atoms with Gasteiger partial charge in [0.1, 0.15) is 5.52 Å². The number of imidazole rings is 1. The van der Waals surface area contributed by atoms with Gasteiger partial charge in [-0.3, -0.25) is 0 Å². The Morgan fingerprint density at radius 3 is 2.48 bits per heavy atom. The summed E-state index contributed by atoms with van der Waals surface area (Å²) < 4.78 is 2.30. The number of benzene rings is 2. The van der Waals surface area contributed by atoms with Crippen LogP contribution in [0.2, 0.25) is 10.0 Å². The largest absolute Gasteiger partial charge is 0.309 e. The Labute approximate surface area is 158 Å². The predicted octanol–water partition coefficient (Wildman–Crippen LogP) is 6.40. The van der Waals surface area contributed by atoms with Crippen molar-refractivity contribution in [2.24, 2.45) is 0 Å². The van der Waals surface area contributed by atoms with Crippen LogP contribution in [0.4, 0.5) is 11.6 Å². The molecule has 0 fully saturated rings. The molecule has 4 rings (SSSR count). The molecule has 0 aliphatic carbocycles. The molecule has 0 radical (unpaired) electrons. The molecule has 5 heteroatoms. The molecule has 130 valence electrons. The Morgan fingerprint density at radius 2 is 1.76 bits per heavy atom. The summed E-state index contributed by atoms with van der Waals surface area (Å²) in [5.74, 6) is 1.46. The highest BCUT2D eigenvalue weighted by molar-refractivity contribution is 6.35. The van der Waals surface area contributed by atoms with Gasteiger partial charge in [-0.25, -0.2) is 4.98 Å². The maximum atomic E-state index is 6.49. The number of hydrogen-bond donors (Lipinski definition) is 0. The van der Waals surface area contributed by atoms with Crippen LogP contribution in [0.5, 0.6) is 0 Å². The molecule has 0 N–H and O–H groups in total. The van der Waals surface area contributed by atoms with Crippen molar-refractivity contribution in [3.05, 3.63) is 52.0 Å². The number of aromatic nitrogens is 2. The molecule has 0 amide bonds. The zero-order valence-corrected chi connectivity index (χ0v) is 16.0. The predicted molar refractivity (Wildman–Crippen MR) is 107 cm³/mol. The molecule has 3 aromatic rings. The Bertz CT molecular complexity index is 928. The lowest BCUT2D eigenvalue weighted by Crippen LogP contribution is -2.14. The van der Waals surface area contributed by atoms with Gasteiger partial charge >= 0.3 is 0 Å². The van der Waals surface area contributed by atoms with Crippen molar-refractivity contribution in [2.45, 2.75) is 39.2 Å². The normalized spacial score (nSPS) is 13.9. The maximum absolute atomic E-state index is 6.49. The highest BCUT2D eigenvalue weighted by Gasteiger charge is 2.29. The molecule has 2 aromatic carbocycles. The van der Waals surface area contributed by atoms with Crippen molar-refractivity contribution in [1.29, 1.82) is 0 Å². The zero-order chi connectivity index (χ0) is 17.6. The minimum absolute atomic E-state index is 0.523. The van der Waals surface area contributed by atoms with E-state index < -0.39 is 0 Å². The van der Waals surface area contributed by atoms with Crippen LogP contribution in [0.15, 0.2) is 36.4 Å². The summed E-state index contributed by atoms with van der Waals surface area (Å²) in [6.07, 6.45) is 2.23. The fourth-order valence-electron chi connectivity index (χ4n) is 3.90. The topological polar surface area (TPSA) is 21.1 Å². The Balaban J connectivity index is 1.92. The lowest BCUT2D eigenvalue weighted by molar-refractivity contribution is 0.642. The van der Waals surface area contributed by atoms with Gasteiger partial charge in [0, 0.05) is 13.1 Å². The summed E-state index contributed by atoms with van der Waals surface area (Å²) in [5, 5.41) is 1.46. The first kappa shape index (κ1) is 16.7. The zero-order valence-electron chi connectivity index (χ0n) is 14.5. The van der Waals surface area contributed by atoms with Crippen molar-refractivity contribution < 1.29 is 0 Å². The van der Waals surface area contributed by atoms with E-state index in [-0.39, 0.29) is 0 Å². The highest BCUT2D eigenvalue weighted by atomic mass is 35.5. The molecule has 1 aliphatic heterocycles. The van der Waals surface area contributed by atoms with E-state index in [0.717, 1.165) is 48.1 Å². The first-order valence-corrected chi connectivity index (χ1v) is 9.62. The molecule has 2 heterocycles. The van der Waals surface area contributed by atoms with Gasteiger partial charge in [-0.05, 0) is 42.5 Å². The molecule has 1 aliphatic rings. The Kier molecular flexibility index (Phi) is 4.38. The van der Waals surface area contributed by atoms with Crippen LogP contribution in [-0.4, -0.2) is 16.1 Å². The van der Waals surface area contributed by atoms with Crippen molar-refractivity contribution in [3.63, 3.8) is 0 Å². The van der Waals surface area contributed by atoms with Gasteiger partial charge in [-0.1, -0.05) is 55.2 Å². The number of para-hydroxylation sites is 1. The standard InChI is InChI=1S/C20H21Cl2N3/c1-3-13(4-2)14-9-10-16(22)18-19(14)25-12-11-24(20(25)23-18)17-8-6-5-7-15(17)21/h5-10,13H,3-4,11-12H2,1-2H3. The smallest absolute Gasteiger partial charge is 0.211 e. The molecule has 0 spiro atoms. The van der Waals surface area contributed by atoms with Crippen LogP contribution in [0.25, 0.3) is 11.0 Å². The molecule has 0 unspecified atom stereocenters. The summed E-state index contributed by atoms with van der Waals surface area (Å²) in [6.45, 7) is 6.25. The lowest BCUT2D eigenvalue weighted by Gasteiger charge is -2.17. The molecule has 3 nitrogen and oxygen atoms in total. The highest BCUT2D eigenvalue weighted by Crippen LogP contribution is 2.41. The lowest BCUT2D eigenvalue weighted by atomic mass is 9.93. The number of fused-ring (bicyclic) bond motifs is 3. The van der Waals surface area contributed by atoms with Gasteiger partial charge in [0.25, 0.3) is 0 Å². The van der Waals surface area contributed by atoms with E-state index in [9.17, 15) is 0 Å². The average Bonchev–Trinajstić information content (AvgIpc) is 3.18. The van der Waals surface area contributed by atoms with Crippen LogP contribution in [0, 0.1) is 0 Å². The van der Waals surface area contributed by atoms with Gasteiger partial charge in [0.2, 0.25) is 5.95 Å². The van der Waals surface area contributed by atoms with E-state index in [1.54, 1.807) is 0 Å². The quantitative estimate of drug-likeness (QED) is 0.527. The first-order valence-electron chi connectivity index (χ1n) is 8.86. The van der Waals surface area contributed by atoms with Crippen molar-refractivity contribution >= 4 is 45.9 Å². The van der Waals surface area contributed by atoms with Crippen LogP contribution in [0.1, 0.15) is 38.2 Å². The van der Waals surface area contributed by atoms with Gasteiger partial charge in [0.15, 0.2) is 0 Å². The van der Waals surface area contributed by atoms with E-state index >= 15 is 0 Å². The van der Waals surface area contributed by atoms with Crippen LogP contribution < -0.4 is 4.90 Å². The van der Waals surface area contributed by atoms with Gasteiger partial charge in [0.05, 0.1) is 21.2 Å². The maximum Gasteiger partial charge on any atom is 0.211 e. The summed E-state index contributed by atoms with van der Waals surface area (Å²) in [6, 6.07) is 12.1. The SMILES string of the molecule is CCC(CC)c1ccc(Cl)c2nc3n(c12)CCN3c1ccccc1Cl. The monoisotopic (exact) mass is 373 g/mol. The molecular formula is C20H21Cl2N3. The minimum Gasteiger partial charge on any atom is -0.309 e. The fraction of sp³-hybridized carbons (Fsp3) is 0.350. The van der Waals surface area contributed by atoms with E-state index in [0.29, 0.717) is 10.9 Å². The van der Waals surface area contributed by atoms with E-state index in [1.807, 2.05) is 30.3 Å². The molecule has 0 saturated heterocycles. The Hall–Kier alpha value is -1.71. The van der Waals surface area contributed by atoms with Crippen molar-refractivity contribution in [3.8, 4) is 0 Å². The Morgan fingerprint density at radius 1 is 1.00 bits per heavy atom. The number of anilines is 2. The van der Waals surface area contributed by atoms with E-state index in [2.05, 4.69) is 29.4 Å². The first-order chi connectivity index (χ1) is 12.2. The van der Waals surface area contributed by atoms with Gasteiger partial charge in [-0.2, -0.15) is 0 Å². The number of halogens is 2. The molecule has 0 bridgehead atoms. The third kappa shape index (κ3) is 2.61. The number of nitrogens with zero attached hydrogens (tertiary/aromatic N) is 3. The summed E-state index contributed by atoms with van der Waals surface area (Å²) in [4.78, 5) is 7.09. The van der Waals surface area contributed by atoms with Crippen molar-refractivity contribution in [2.75, 3.05) is 11.4 Å². The molecule has 0 saturated carbocycles. The third-order valence-corrected chi connectivity index (χ3v) is 5.84. The molecule has 25 heavy (non-hydrogen) atoms. The number of hydrogen-bond acceptors (Lipinski definition) is 2. The summed E-state index contributed by atoms with van der Waals surface area (Å²) in [5.41, 5.74) is 4.44. The summed E-state index contributed by atoms with van der Waals surface area (Å²) >= 11 is 12.9. The van der Waals surface area contributed by atoms with E-state index in [1.165, 1.54) is 11.1 Å². The average molecular weight is 374 g/mol. The third-order valence-electron chi connectivity index (χ3n) is 5.21. The van der Waals surface area contributed by atoms with E-state index in [4.69, 9.17) is 28.2 Å². The second-order valence-electron chi connectivity index (χ2n) is 6.51. The molecular weight excluding hydrogens is 353 g/mol. The van der Waals surface area contributed by atoms with Gasteiger partial charge in [-0.15, -0.1) is 0 Å². The molecule has 1 aromatic heterocycles. The second-order valence-corrected chi connectivity index (χ2v) is 7.33.